The van der Waals surface area contributed by atoms with Gasteiger partial charge >= 0.3 is 0 Å². The molecule has 2 aliphatic rings. The highest BCUT2D eigenvalue weighted by Crippen LogP contribution is 2.37. The van der Waals surface area contributed by atoms with Gasteiger partial charge in [0.2, 0.25) is 0 Å². The van der Waals surface area contributed by atoms with E-state index in [0.717, 1.165) is 53.8 Å². The summed E-state index contributed by atoms with van der Waals surface area (Å²) in [5.41, 5.74) is 0.569. The summed E-state index contributed by atoms with van der Waals surface area (Å²) in [6.07, 6.45) is 7.97. The van der Waals surface area contributed by atoms with E-state index in [1.807, 2.05) is 0 Å². The average molecular weight is 388 g/mol. The van der Waals surface area contributed by atoms with E-state index < -0.39 is 5.60 Å². The number of hydrogen-bond acceptors (Lipinski definition) is 3. The molecule has 0 bridgehead atoms. The molecule has 1 aliphatic carbocycles. The standard InChI is InChI=1S/C15H21IN2O2/c1-15(8-4-5-9-20-15)14-17-12(10-6-2-3-7-10)11(16)13(19)18-14/h10H,2-9H2,1H3,(H,17,18,19). The molecular formula is C15H21IN2O2. The lowest BCUT2D eigenvalue weighted by Gasteiger charge is -2.33. The molecule has 1 aliphatic heterocycles. The normalized spacial score (nSPS) is 27.9. The van der Waals surface area contributed by atoms with E-state index in [4.69, 9.17) is 9.72 Å². The van der Waals surface area contributed by atoms with Crippen LogP contribution in [0.2, 0.25) is 0 Å². The van der Waals surface area contributed by atoms with Gasteiger partial charge in [0.05, 0.1) is 9.26 Å². The zero-order valence-corrected chi connectivity index (χ0v) is 14.0. The predicted octanol–water partition coefficient (Wildman–Crippen LogP) is 3.45. The van der Waals surface area contributed by atoms with Gasteiger partial charge in [-0.25, -0.2) is 4.98 Å². The van der Waals surface area contributed by atoms with E-state index in [2.05, 4.69) is 34.5 Å². The van der Waals surface area contributed by atoms with Crippen molar-refractivity contribution >= 4 is 22.6 Å². The van der Waals surface area contributed by atoms with Crippen molar-refractivity contribution in [1.82, 2.24) is 9.97 Å². The Balaban J connectivity index is 2.01. The molecule has 20 heavy (non-hydrogen) atoms. The molecule has 1 aromatic heterocycles. The maximum Gasteiger partial charge on any atom is 0.264 e. The average Bonchev–Trinajstić information content (AvgIpc) is 2.96. The number of ether oxygens (including phenoxy) is 1. The zero-order valence-electron chi connectivity index (χ0n) is 11.9. The zero-order chi connectivity index (χ0) is 14.2. The van der Waals surface area contributed by atoms with Crippen LogP contribution in [0.15, 0.2) is 4.79 Å². The summed E-state index contributed by atoms with van der Waals surface area (Å²) in [6, 6.07) is 0. The second kappa shape index (κ2) is 5.75. The first-order valence-electron chi connectivity index (χ1n) is 7.54. The summed E-state index contributed by atoms with van der Waals surface area (Å²) in [6.45, 7) is 2.81. The van der Waals surface area contributed by atoms with Gasteiger partial charge < -0.3 is 9.72 Å². The number of rotatable bonds is 2. The van der Waals surface area contributed by atoms with Gasteiger partial charge in [-0.05, 0) is 61.6 Å². The van der Waals surface area contributed by atoms with Crippen molar-refractivity contribution < 1.29 is 4.74 Å². The van der Waals surface area contributed by atoms with Gasteiger partial charge in [-0.15, -0.1) is 0 Å². The topological polar surface area (TPSA) is 55.0 Å². The van der Waals surface area contributed by atoms with E-state index in [-0.39, 0.29) is 5.56 Å². The first kappa shape index (κ1) is 14.5. The second-order valence-electron chi connectivity index (χ2n) is 6.13. The van der Waals surface area contributed by atoms with Crippen molar-refractivity contribution in [1.29, 1.82) is 0 Å². The third-order valence-corrected chi connectivity index (χ3v) is 5.64. The lowest BCUT2D eigenvalue weighted by atomic mass is 9.94. The van der Waals surface area contributed by atoms with E-state index in [1.54, 1.807) is 0 Å². The van der Waals surface area contributed by atoms with Crippen molar-refractivity contribution in [2.75, 3.05) is 6.61 Å². The lowest BCUT2D eigenvalue weighted by Crippen LogP contribution is -2.35. The number of halogens is 1. The van der Waals surface area contributed by atoms with Gasteiger partial charge in [-0.1, -0.05) is 12.8 Å². The molecular weight excluding hydrogens is 367 g/mol. The van der Waals surface area contributed by atoms with Crippen LogP contribution in [0, 0.1) is 3.57 Å². The van der Waals surface area contributed by atoms with E-state index in [1.165, 1.54) is 12.8 Å². The number of H-pyrrole nitrogens is 1. The van der Waals surface area contributed by atoms with E-state index in [9.17, 15) is 4.79 Å². The quantitative estimate of drug-likeness (QED) is 0.790. The van der Waals surface area contributed by atoms with Crippen molar-refractivity contribution in [3.63, 3.8) is 0 Å². The molecule has 1 saturated carbocycles. The van der Waals surface area contributed by atoms with Crippen molar-refractivity contribution in [3.05, 3.63) is 25.4 Å². The molecule has 0 spiro atoms. The minimum Gasteiger partial charge on any atom is -0.367 e. The van der Waals surface area contributed by atoms with Gasteiger partial charge in [-0.2, -0.15) is 0 Å². The van der Waals surface area contributed by atoms with Crippen LogP contribution in [0.1, 0.15) is 69.3 Å². The Bertz CT molecular complexity index is 543. The molecule has 110 valence electrons. The highest BCUT2D eigenvalue weighted by atomic mass is 127. The van der Waals surface area contributed by atoms with E-state index >= 15 is 0 Å². The summed E-state index contributed by atoms with van der Waals surface area (Å²) in [4.78, 5) is 20.0. The van der Waals surface area contributed by atoms with Crippen LogP contribution in [0.4, 0.5) is 0 Å². The third-order valence-electron chi connectivity index (χ3n) is 4.60. The minimum absolute atomic E-state index is 0.00658. The monoisotopic (exact) mass is 388 g/mol. The Morgan fingerprint density at radius 3 is 2.70 bits per heavy atom. The first-order valence-corrected chi connectivity index (χ1v) is 8.62. The molecule has 5 heteroatoms. The molecule has 2 fully saturated rings. The summed E-state index contributed by atoms with van der Waals surface area (Å²) in [5.74, 6) is 1.18. The van der Waals surface area contributed by atoms with Crippen LogP contribution in [0.25, 0.3) is 0 Å². The molecule has 1 saturated heterocycles. The number of nitrogens with one attached hydrogen (secondary N) is 1. The molecule has 0 aromatic carbocycles. The molecule has 2 heterocycles. The van der Waals surface area contributed by atoms with Gasteiger partial charge in [-0.3, -0.25) is 4.79 Å². The Morgan fingerprint density at radius 1 is 1.30 bits per heavy atom. The number of aromatic amines is 1. The first-order chi connectivity index (χ1) is 9.60. The SMILES string of the molecule is CC1(c2nc(C3CCCC3)c(I)c(=O)[nH]2)CCCCO1. The number of aromatic nitrogens is 2. The van der Waals surface area contributed by atoms with Gasteiger partial charge in [0.25, 0.3) is 5.56 Å². The van der Waals surface area contributed by atoms with Crippen LogP contribution in [0.5, 0.6) is 0 Å². The molecule has 1 aromatic rings. The van der Waals surface area contributed by atoms with Crippen LogP contribution in [0.3, 0.4) is 0 Å². The van der Waals surface area contributed by atoms with Gasteiger partial charge in [0.1, 0.15) is 11.4 Å². The summed E-state index contributed by atoms with van der Waals surface area (Å²) >= 11 is 2.14. The van der Waals surface area contributed by atoms with Crippen LogP contribution < -0.4 is 5.56 Å². The lowest BCUT2D eigenvalue weighted by molar-refractivity contribution is -0.0763. The third kappa shape index (κ3) is 2.66. The molecule has 1 atom stereocenters. The Morgan fingerprint density at radius 2 is 2.05 bits per heavy atom. The maximum atomic E-state index is 12.2. The van der Waals surface area contributed by atoms with Crippen LogP contribution in [-0.2, 0) is 10.3 Å². The van der Waals surface area contributed by atoms with Crippen molar-refractivity contribution in [2.24, 2.45) is 0 Å². The van der Waals surface area contributed by atoms with Crippen molar-refractivity contribution in [3.8, 4) is 0 Å². The Hall–Kier alpha value is -0.430. The summed E-state index contributed by atoms with van der Waals surface area (Å²) < 4.78 is 6.69. The fourth-order valence-electron chi connectivity index (χ4n) is 3.32. The molecule has 1 N–H and O–H groups in total. The smallest absolute Gasteiger partial charge is 0.264 e. The van der Waals surface area contributed by atoms with Crippen LogP contribution in [-0.4, -0.2) is 16.6 Å². The summed E-state index contributed by atoms with van der Waals surface area (Å²) in [7, 11) is 0. The van der Waals surface area contributed by atoms with Gasteiger partial charge in [0.15, 0.2) is 0 Å². The maximum absolute atomic E-state index is 12.2. The minimum atomic E-state index is -0.422. The van der Waals surface area contributed by atoms with Crippen LogP contribution >= 0.6 is 22.6 Å². The molecule has 1 unspecified atom stereocenters. The number of hydrogen-bond donors (Lipinski definition) is 1. The predicted molar refractivity (Wildman–Crippen MR) is 85.9 cm³/mol. The van der Waals surface area contributed by atoms with Crippen molar-refractivity contribution in [2.45, 2.75) is 63.4 Å². The molecule has 3 rings (SSSR count). The largest absolute Gasteiger partial charge is 0.367 e. The Labute approximate surface area is 132 Å². The fourth-order valence-corrected chi connectivity index (χ4v) is 4.01. The van der Waals surface area contributed by atoms with E-state index in [0.29, 0.717) is 5.92 Å². The highest BCUT2D eigenvalue weighted by Gasteiger charge is 2.34. The summed E-state index contributed by atoms with van der Waals surface area (Å²) in [5, 5.41) is 0. The molecule has 4 nitrogen and oxygen atoms in total. The second-order valence-corrected chi connectivity index (χ2v) is 7.21. The number of nitrogens with zero attached hydrogens (tertiary/aromatic N) is 1. The van der Waals surface area contributed by atoms with Gasteiger partial charge in [0, 0.05) is 12.5 Å². The fraction of sp³-hybridized carbons (Fsp3) is 0.733. The highest BCUT2D eigenvalue weighted by molar-refractivity contribution is 14.1. The molecule has 0 amide bonds. The molecule has 0 radical (unpaired) electrons. The Kier molecular flexibility index (Phi) is 4.17.